The Morgan fingerprint density at radius 2 is 1.64 bits per heavy atom. The van der Waals surface area contributed by atoms with E-state index in [1.54, 1.807) is 5.51 Å². The van der Waals surface area contributed by atoms with Gasteiger partial charge in [0.15, 0.2) is 0 Å². The molecule has 0 bridgehead atoms. The van der Waals surface area contributed by atoms with Crippen LogP contribution in [0.3, 0.4) is 0 Å². The van der Waals surface area contributed by atoms with Crippen LogP contribution in [0.15, 0.2) is 66.2 Å². The quantitative estimate of drug-likeness (QED) is 0.574. The molecule has 7 heteroatoms. The normalized spacial score (nSPS) is 11.6. The zero-order valence-corrected chi connectivity index (χ0v) is 15.8. The predicted octanol–water partition coefficient (Wildman–Crippen LogP) is 2.60. The Morgan fingerprint density at radius 1 is 1.00 bits per heavy atom. The summed E-state index contributed by atoms with van der Waals surface area (Å²) in [7, 11) is 0. The lowest BCUT2D eigenvalue weighted by Gasteiger charge is -2.16. The van der Waals surface area contributed by atoms with Crippen molar-refractivity contribution >= 4 is 28.9 Å². The molecule has 0 saturated carbocycles. The molecule has 2 aromatic carbocycles. The van der Waals surface area contributed by atoms with Crippen LogP contribution in [-0.2, 0) is 16.0 Å². The number of Topliss-reactive ketones (excluding diaryl/α,β-unsaturated/α-hetero) is 1. The molecule has 1 atom stereocenters. The van der Waals surface area contributed by atoms with Crippen molar-refractivity contribution in [2.75, 3.05) is 0 Å². The first-order chi connectivity index (χ1) is 13.6. The smallest absolute Gasteiger partial charge is 0.287 e. The van der Waals surface area contributed by atoms with Gasteiger partial charge in [-0.1, -0.05) is 60.7 Å². The van der Waals surface area contributed by atoms with Crippen molar-refractivity contribution < 1.29 is 14.4 Å². The van der Waals surface area contributed by atoms with E-state index in [0.717, 1.165) is 11.1 Å². The van der Waals surface area contributed by atoms with Crippen LogP contribution in [0.4, 0.5) is 0 Å². The van der Waals surface area contributed by atoms with Gasteiger partial charge < -0.3 is 11.1 Å². The highest BCUT2D eigenvalue weighted by atomic mass is 32.1. The SMILES string of the molecule is NC(=O)C(=O)[C@H](CCc1ccccc1)NC(=O)c1scnc1-c1ccccc1. The maximum absolute atomic E-state index is 12.8. The van der Waals surface area contributed by atoms with E-state index in [0.29, 0.717) is 17.0 Å². The monoisotopic (exact) mass is 393 g/mol. The van der Waals surface area contributed by atoms with E-state index in [1.807, 2.05) is 60.7 Å². The highest BCUT2D eigenvalue weighted by Crippen LogP contribution is 2.25. The number of rotatable bonds is 8. The summed E-state index contributed by atoms with van der Waals surface area (Å²) in [6, 6.07) is 17.8. The third-order valence-corrected chi connectivity index (χ3v) is 5.08. The van der Waals surface area contributed by atoms with Crippen molar-refractivity contribution in [1.82, 2.24) is 10.3 Å². The third kappa shape index (κ3) is 4.69. The molecule has 3 rings (SSSR count). The van der Waals surface area contributed by atoms with Crippen LogP contribution in [0.1, 0.15) is 21.7 Å². The molecule has 1 aromatic heterocycles. The van der Waals surface area contributed by atoms with Gasteiger partial charge in [-0.05, 0) is 18.4 Å². The number of nitrogens with two attached hydrogens (primary N) is 1. The highest BCUT2D eigenvalue weighted by Gasteiger charge is 2.27. The number of hydrogen-bond donors (Lipinski definition) is 2. The summed E-state index contributed by atoms with van der Waals surface area (Å²) in [4.78, 5) is 41.1. The fraction of sp³-hybridized carbons (Fsp3) is 0.143. The fourth-order valence-electron chi connectivity index (χ4n) is 2.83. The summed E-state index contributed by atoms with van der Waals surface area (Å²) in [5, 5.41) is 2.66. The number of carbonyl (C=O) groups excluding carboxylic acids is 3. The second-order valence-corrected chi connectivity index (χ2v) is 7.03. The Bertz CT molecular complexity index is 971. The van der Waals surface area contributed by atoms with Gasteiger partial charge in [0.1, 0.15) is 4.88 Å². The molecule has 0 spiro atoms. The zero-order chi connectivity index (χ0) is 19.9. The minimum absolute atomic E-state index is 0.275. The van der Waals surface area contributed by atoms with Gasteiger partial charge in [0.05, 0.1) is 17.2 Å². The molecule has 0 fully saturated rings. The Labute approximate surface area is 166 Å². The average molecular weight is 393 g/mol. The van der Waals surface area contributed by atoms with Crippen LogP contribution < -0.4 is 11.1 Å². The largest absolute Gasteiger partial charge is 0.363 e. The predicted molar refractivity (Wildman–Crippen MR) is 108 cm³/mol. The Morgan fingerprint density at radius 3 is 2.29 bits per heavy atom. The molecule has 0 aliphatic heterocycles. The first kappa shape index (κ1) is 19.4. The van der Waals surface area contributed by atoms with Gasteiger partial charge in [-0.25, -0.2) is 4.98 Å². The van der Waals surface area contributed by atoms with Gasteiger partial charge in [-0.3, -0.25) is 14.4 Å². The molecular formula is C21H19N3O3S. The second-order valence-electron chi connectivity index (χ2n) is 6.17. The molecule has 1 heterocycles. The second kappa shape index (κ2) is 9.05. The van der Waals surface area contributed by atoms with Gasteiger partial charge in [0.2, 0.25) is 5.78 Å². The van der Waals surface area contributed by atoms with Crippen LogP contribution in [0, 0.1) is 0 Å². The van der Waals surface area contributed by atoms with Crippen LogP contribution in [0.5, 0.6) is 0 Å². The van der Waals surface area contributed by atoms with Gasteiger partial charge in [0, 0.05) is 5.56 Å². The van der Waals surface area contributed by atoms with Crippen molar-refractivity contribution in [1.29, 1.82) is 0 Å². The van der Waals surface area contributed by atoms with Gasteiger partial charge >= 0.3 is 0 Å². The molecule has 0 radical (unpaired) electrons. The molecule has 3 aromatic rings. The number of benzene rings is 2. The first-order valence-electron chi connectivity index (χ1n) is 8.73. The van der Waals surface area contributed by atoms with E-state index in [9.17, 15) is 14.4 Å². The molecule has 6 nitrogen and oxygen atoms in total. The molecule has 3 N–H and O–H groups in total. The van der Waals surface area contributed by atoms with Gasteiger partial charge in [-0.2, -0.15) is 0 Å². The van der Waals surface area contributed by atoms with Crippen LogP contribution in [-0.4, -0.2) is 28.6 Å². The number of primary amides is 1. The maximum Gasteiger partial charge on any atom is 0.287 e. The summed E-state index contributed by atoms with van der Waals surface area (Å²) in [6.07, 6.45) is 0.802. The van der Waals surface area contributed by atoms with E-state index in [2.05, 4.69) is 10.3 Å². The Balaban J connectivity index is 1.77. The van der Waals surface area contributed by atoms with Gasteiger partial charge in [0.25, 0.3) is 11.8 Å². The van der Waals surface area contributed by atoms with Crippen LogP contribution >= 0.6 is 11.3 Å². The summed E-state index contributed by atoms with van der Waals surface area (Å²) in [5.74, 6) is -2.32. The minimum atomic E-state index is -1.06. The molecule has 28 heavy (non-hydrogen) atoms. The van der Waals surface area contributed by atoms with Crippen LogP contribution in [0.25, 0.3) is 11.3 Å². The van der Waals surface area contributed by atoms with E-state index in [-0.39, 0.29) is 6.42 Å². The number of amides is 2. The summed E-state index contributed by atoms with van der Waals surface area (Å²) >= 11 is 1.18. The minimum Gasteiger partial charge on any atom is -0.363 e. The Kier molecular flexibility index (Phi) is 6.29. The zero-order valence-electron chi connectivity index (χ0n) is 15.0. The molecule has 0 unspecified atom stereocenters. The maximum atomic E-state index is 12.8. The molecule has 0 aliphatic rings. The lowest BCUT2D eigenvalue weighted by molar-refractivity contribution is -0.137. The number of nitrogens with one attached hydrogen (secondary N) is 1. The van der Waals surface area contributed by atoms with E-state index < -0.39 is 23.6 Å². The van der Waals surface area contributed by atoms with E-state index >= 15 is 0 Å². The topological polar surface area (TPSA) is 102 Å². The van der Waals surface area contributed by atoms with Crippen molar-refractivity contribution in [3.8, 4) is 11.3 Å². The summed E-state index contributed by atoms with van der Waals surface area (Å²) in [6.45, 7) is 0. The Hall–Kier alpha value is -3.32. The number of aromatic nitrogens is 1. The number of carbonyl (C=O) groups is 3. The number of ketones is 1. The van der Waals surface area contributed by atoms with E-state index in [1.165, 1.54) is 11.3 Å². The van der Waals surface area contributed by atoms with Gasteiger partial charge in [-0.15, -0.1) is 11.3 Å². The third-order valence-electron chi connectivity index (χ3n) is 4.25. The highest BCUT2D eigenvalue weighted by molar-refractivity contribution is 7.12. The molecular weight excluding hydrogens is 374 g/mol. The summed E-state index contributed by atoms with van der Waals surface area (Å²) < 4.78 is 0. The fourth-order valence-corrected chi connectivity index (χ4v) is 3.54. The first-order valence-corrected chi connectivity index (χ1v) is 9.61. The summed E-state index contributed by atoms with van der Waals surface area (Å²) in [5.41, 5.74) is 9.09. The average Bonchev–Trinajstić information content (AvgIpc) is 3.22. The van der Waals surface area contributed by atoms with E-state index in [4.69, 9.17) is 5.73 Å². The molecule has 2 amide bonds. The number of hydrogen-bond acceptors (Lipinski definition) is 5. The van der Waals surface area contributed by atoms with Crippen molar-refractivity contribution in [3.63, 3.8) is 0 Å². The van der Waals surface area contributed by atoms with Crippen molar-refractivity contribution in [2.45, 2.75) is 18.9 Å². The van der Waals surface area contributed by atoms with Crippen molar-refractivity contribution in [2.24, 2.45) is 5.73 Å². The van der Waals surface area contributed by atoms with Crippen molar-refractivity contribution in [3.05, 3.63) is 76.6 Å². The standard InChI is InChI=1S/C21H19N3O3S/c22-20(26)18(25)16(12-11-14-7-3-1-4-8-14)24-21(27)19-17(23-13-28-19)15-9-5-2-6-10-15/h1-10,13,16H,11-12H2,(H2,22,26)(H,24,27)/t16-/m0/s1. The van der Waals surface area contributed by atoms with Crippen LogP contribution in [0.2, 0.25) is 0 Å². The molecule has 142 valence electrons. The lowest BCUT2D eigenvalue weighted by Crippen LogP contribution is -2.46. The number of thiazole rings is 1. The number of nitrogens with zero attached hydrogens (tertiary/aromatic N) is 1. The number of aryl methyl sites for hydroxylation is 1. The molecule has 0 aliphatic carbocycles. The lowest BCUT2D eigenvalue weighted by atomic mass is 10.0. The molecule has 0 saturated heterocycles.